The van der Waals surface area contributed by atoms with E-state index in [1.165, 1.54) is 5.56 Å². The number of aromatic nitrogens is 1. The Morgan fingerprint density at radius 1 is 1.00 bits per heavy atom. The van der Waals surface area contributed by atoms with Crippen LogP contribution in [0.4, 0.5) is 0 Å². The highest BCUT2D eigenvalue weighted by atomic mass is 16.3. The second-order valence-corrected chi connectivity index (χ2v) is 9.87. The third-order valence-electron chi connectivity index (χ3n) is 7.50. The first-order chi connectivity index (χ1) is 18.0. The van der Waals surface area contributed by atoms with Crippen molar-refractivity contribution in [3.8, 4) is 11.5 Å². The van der Waals surface area contributed by atoms with E-state index in [0.717, 1.165) is 35.9 Å². The van der Waals surface area contributed by atoms with Crippen LogP contribution in [0.2, 0.25) is 0 Å². The highest BCUT2D eigenvalue weighted by Gasteiger charge is 2.30. The zero-order valence-electron chi connectivity index (χ0n) is 21.4. The second-order valence-electron chi connectivity index (χ2n) is 9.87. The third kappa shape index (κ3) is 5.58. The van der Waals surface area contributed by atoms with E-state index in [9.17, 15) is 9.59 Å². The number of rotatable bonds is 7. The SMILES string of the molecule is CCc1ccc(CNC(=O)C(C)C2CCN(C(=O)c3ccc4nc(-c5ccccc5)oc4c3)CC2)cc1. The van der Waals surface area contributed by atoms with Crippen LogP contribution in [0.3, 0.4) is 0 Å². The number of amides is 2. The lowest BCUT2D eigenvalue weighted by Gasteiger charge is -2.34. The van der Waals surface area contributed by atoms with Gasteiger partial charge in [0.15, 0.2) is 5.58 Å². The van der Waals surface area contributed by atoms with Crippen molar-refractivity contribution in [1.29, 1.82) is 0 Å². The van der Waals surface area contributed by atoms with Crippen molar-refractivity contribution in [3.63, 3.8) is 0 Å². The third-order valence-corrected chi connectivity index (χ3v) is 7.50. The molecular weight excluding hydrogens is 462 g/mol. The van der Waals surface area contributed by atoms with Crippen molar-refractivity contribution in [2.45, 2.75) is 39.7 Å². The Labute approximate surface area is 217 Å². The average Bonchev–Trinajstić information content (AvgIpc) is 3.39. The molecule has 1 unspecified atom stereocenters. The van der Waals surface area contributed by atoms with Gasteiger partial charge < -0.3 is 14.6 Å². The summed E-state index contributed by atoms with van der Waals surface area (Å²) in [5.74, 6) is 0.789. The molecule has 1 fully saturated rings. The summed E-state index contributed by atoms with van der Waals surface area (Å²) in [5, 5.41) is 3.09. The van der Waals surface area contributed by atoms with Crippen molar-refractivity contribution in [3.05, 3.63) is 89.5 Å². The van der Waals surface area contributed by atoms with Crippen LogP contribution in [0, 0.1) is 11.8 Å². The van der Waals surface area contributed by atoms with E-state index in [1.54, 1.807) is 6.07 Å². The molecule has 0 bridgehead atoms. The van der Waals surface area contributed by atoms with E-state index in [0.29, 0.717) is 36.7 Å². The number of oxazole rings is 1. The van der Waals surface area contributed by atoms with Gasteiger partial charge in [-0.05, 0) is 66.6 Å². The van der Waals surface area contributed by atoms with Crippen LogP contribution < -0.4 is 5.32 Å². The maximum atomic E-state index is 13.2. The number of carbonyl (C=O) groups is 2. The first-order valence-electron chi connectivity index (χ1n) is 13.1. The monoisotopic (exact) mass is 495 g/mol. The topological polar surface area (TPSA) is 75.4 Å². The number of likely N-dealkylation sites (tertiary alicyclic amines) is 1. The summed E-state index contributed by atoms with van der Waals surface area (Å²) in [5.41, 5.74) is 5.24. The van der Waals surface area contributed by atoms with Gasteiger partial charge in [-0.15, -0.1) is 0 Å². The molecule has 4 aromatic rings. The van der Waals surface area contributed by atoms with E-state index in [4.69, 9.17) is 4.42 Å². The van der Waals surface area contributed by atoms with Crippen LogP contribution in [-0.4, -0.2) is 34.8 Å². The Hall–Kier alpha value is -3.93. The summed E-state index contributed by atoms with van der Waals surface area (Å²) < 4.78 is 5.95. The van der Waals surface area contributed by atoms with Gasteiger partial charge in [0.25, 0.3) is 5.91 Å². The zero-order valence-corrected chi connectivity index (χ0v) is 21.4. The molecule has 1 aliphatic heterocycles. The highest BCUT2D eigenvalue weighted by Crippen LogP contribution is 2.28. The van der Waals surface area contributed by atoms with E-state index in [-0.39, 0.29) is 23.7 Å². The van der Waals surface area contributed by atoms with E-state index in [1.807, 2.05) is 54.3 Å². The second kappa shape index (κ2) is 11.0. The van der Waals surface area contributed by atoms with Gasteiger partial charge in [-0.2, -0.15) is 0 Å². The first kappa shape index (κ1) is 24.8. The number of hydrogen-bond acceptors (Lipinski definition) is 4. The Bertz CT molecular complexity index is 1370. The van der Waals surface area contributed by atoms with Crippen LogP contribution >= 0.6 is 0 Å². The molecule has 0 saturated carbocycles. The summed E-state index contributed by atoms with van der Waals surface area (Å²) in [6, 6.07) is 23.6. The predicted molar refractivity (Wildman–Crippen MR) is 145 cm³/mol. The van der Waals surface area contributed by atoms with E-state index < -0.39 is 0 Å². The molecule has 1 atom stereocenters. The predicted octanol–water partition coefficient (Wildman–Crippen LogP) is 5.86. The standard InChI is InChI=1S/C31H33N3O3/c1-3-22-9-11-23(12-10-22)20-32-29(35)21(2)24-15-17-34(18-16-24)31(36)26-13-14-27-28(19-26)37-30(33-27)25-7-5-4-6-8-25/h4-14,19,21,24H,3,15-18,20H2,1-2H3,(H,32,35). The van der Waals surface area contributed by atoms with Gasteiger partial charge in [-0.25, -0.2) is 4.98 Å². The Morgan fingerprint density at radius 2 is 1.70 bits per heavy atom. The van der Waals surface area contributed by atoms with Crippen LogP contribution in [0.15, 0.2) is 77.2 Å². The summed E-state index contributed by atoms with van der Waals surface area (Å²) in [7, 11) is 0. The molecule has 1 saturated heterocycles. The van der Waals surface area contributed by atoms with Gasteiger partial charge in [0.1, 0.15) is 5.52 Å². The van der Waals surface area contributed by atoms with Crippen LogP contribution in [0.1, 0.15) is 48.2 Å². The largest absolute Gasteiger partial charge is 0.436 e. The molecule has 0 radical (unpaired) electrons. The minimum Gasteiger partial charge on any atom is -0.436 e. The molecule has 2 heterocycles. The Morgan fingerprint density at radius 3 is 2.41 bits per heavy atom. The van der Waals surface area contributed by atoms with E-state index >= 15 is 0 Å². The smallest absolute Gasteiger partial charge is 0.253 e. The fourth-order valence-corrected chi connectivity index (χ4v) is 5.00. The Balaban J connectivity index is 1.16. The molecule has 5 rings (SSSR count). The lowest BCUT2D eigenvalue weighted by molar-refractivity contribution is -0.126. The van der Waals surface area contributed by atoms with Crippen LogP contribution in [-0.2, 0) is 17.8 Å². The zero-order chi connectivity index (χ0) is 25.8. The van der Waals surface area contributed by atoms with Gasteiger partial charge in [0, 0.05) is 36.7 Å². The van der Waals surface area contributed by atoms with Crippen molar-refractivity contribution in [2.75, 3.05) is 13.1 Å². The molecule has 1 aliphatic rings. The quantitative estimate of drug-likeness (QED) is 0.348. The summed E-state index contributed by atoms with van der Waals surface area (Å²) >= 11 is 0. The molecule has 6 heteroatoms. The molecule has 6 nitrogen and oxygen atoms in total. The van der Waals surface area contributed by atoms with Crippen molar-refractivity contribution >= 4 is 22.9 Å². The number of carbonyl (C=O) groups excluding carboxylic acids is 2. The summed E-state index contributed by atoms with van der Waals surface area (Å²) in [6.07, 6.45) is 2.64. The number of piperidine rings is 1. The van der Waals surface area contributed by atoms with Gasteiger partial charge in [0.05, 0.1) is 0 Å². The maximum absolute atomic E-state index is 13.2. The number of benzene rings is 3. The molecule has 190 valence electrons. The minimum absolute atomic E-state index is 0.00866. The van der Waals surface area contributed by atoms with Crippen LogP contribution in [0.5, 0.6) is 0 Å². The van der Waals surface area contributed by atoms with Crippen molar-refractivity contribution in [2.24, 2.45) is 11.8 Å². The van der Waals surface area contributed by atoms with Crippen molar-refractivity contribution in [1.82, 2.24) is 15.2 Å². The summed E-state index contributed by atoms with van der Waals surface area (Å²) in [6.45, 7) is 5.96. The van der Waals surface area contributed by atoms with Gasteiger partial charge in [-0.1, -0.05) is 56.3 Å². The molecule has 0 aliphatic carbocycles. The first-order valence-corrected chi connectivity index (χ1v) is 13.1. The molecule has 0 spiro atoms. The molecule has 1 N–H and O–H groups in total. The fourth-order valence-electron chi connectivity index (χ4n) is 5.00. The normalized spacial score (nSPS) is 15.0. The van der Waals surface area contributed by atoms with Crippen LogP contribution in [0.25, 0.3) is 22.6 Å². The number of fused-ring (bicyclic) bond motifs is 1. The minimum atomic E-state index is -0.0888. The molecular formula is C31H33N3O3. The molecule has 3 aromatic carbocycles. The lowest BCUT2D eigenvalue weighted by atomic mass is 9.84. The van der Waals surface area contributed by atoms with Gasteiger partial charge in [0.2, 0.25) is 11.8 Å². The molecule has 37 heavy (non-hydrogen) atoms. The molecule has 1 aromatic heterocycles. The average molecular weight is 496 g/mol. The highest BCUT2D eigenvalue weighted by molar-refractivity contribution is 5.97. The summed E-state index contributed by atoms with van der Waals surface area (Å²) in [4.78, 5) is 32.5. The lowest BCUT2D eigenvalue weighted by Crippen LogP contribution is -2.42. The fraction of sp³-hybridized carbons (Fsp3) is 0.323. The number of nitrogens with one attached hydrogen (secondary N) is 1. The maximum Gasteiger partial charge on any atom is 0.253 e. The molecule has 2 amide bonds. The van der Waals surface area contributed by atoms with Gasteiger partial charge >= 0.3 is 0 Å². The number of aryl methyl sites for hydroxylation is 1. The van der Waals surface area contributed by atoms with Gasteiger partial charge in [-0.3, -0.25) is 9.59 Å². The van der Waals surface area contributed by atoms with E-state index in [2.05, 4.69) is 41.5 Å². The van der Waals surface area contributed by atoms with Crippen molar-refractivity contribution < 1.29 is 14.0 Å². The number of nitrogens with zero attached hydrogens (tertiary/aromatic N) is 2. The Kier molecular flexibility index (Phi) is 7.35. The number of hydrogen-bond donors (Lipinski definition) is 1.